The van der Waals surface area contributed by atoms with Gasteiger partial charge >= 0.3 is 0 Å². The molecule has 1 aliphatic heterocycles. The minimum Gasteiger partial charge on any atom is -0.487 e. The number of carbonyl (C=O) groups is 1. The van der Waals surface area contributed by atoms with Gasteiger partial charge in [0, 0.05) is 0 Å². The Labute approximate surface area is 236 Å². The van der Waals surface area contributed by atoms with Gasteiger partial charge in [-0.1, -0.05) is 61.5 Å². The molecule has 0 aromatic heterocycles. The summed E-state index contributed by atoms with van der Waals surface area (Å²) in [6.07, 6.45) is 2.86. The van der Waals surface area contributed by atoms with Crippen molar-refractivity contribution in [1.29, 1.82) is 0 Å². The number of fused-ring (bicyclic) bond motifs is 1. The number of thioether (sulfide) groups is 1. The van der Waals surface area contributed by atoms with Gasteiger partial charge in [0.15, 0.2) is 5.17 Å². The summed E-state index contributed by atoms with van der Waals surface area (Å²) in [7, 11) is 0. The van der Waals surface area contributed by atoms with E-state index in [4.69, 9.17) is 4.74 Å². The van der Waals surface area contributed by atoms with Crippen LogP contribution in [-0.4, -0.2) is 11.1 Å². The maximum absolute atomic E-state index is 12.6. The van der Waals surface area contributed by atoms with Crippen LogP contribution in [0.2, 0.25) is 0 Å². The van der Waals surface area contributed by atoms with Crippen LogP contribution in [-0.2, 0) is 17.8 Å². The Kier molecular flexibility index (Phi) is 7.79. The third kappa shape index (κ3) is 5.68. The lowest BCUT2D eigenvalue weighted by Gasteiger charge is -2.13. The fourth-order valence-corrected chi connectivity index (χ4v) is 6.53. The van der Waals surface area contributed by atoms with Crippen LogP contribution in [0.4, 0.5) is 5.69 Å². The highest BCUT2D eigenvalue weighted by atomic mass is 127. The van der Waals surface area contributed by atoms with Crippen molar-refractivity contribution in [3.63, 3.8) is 0 Å². The summed E-state index contributed by atoms with van der Waals surface area (Å²) in [5.41, 5.74) is 4.13. The molecule has 4 aromatic carbocycles. The van der Waals surface area contributed by atoms with Gasteiger partial charge in [0.05, 0.1) is 18.6 Å². The van der Waals surface area contributed by atoms with Crippen molar-refractivity contribution < 1.29 is 9.53 Å². The van der Waals surface area contributed by atoms with Crippen LogP contribution in [0, 0.1) is 3.57 Å². The van der Waals surface area contributed by atoms with Crippen LogP contribution in [0.15, 0.2) is 93.2 Å². The molecule has 0 saturated carbocycles. The number of aliphatic imine (C=N–C) groups is 1. The molecule has 0 aliphatic carbocycles. The van der Waals surface area contributed by atoms with Crippen molar-refractivity contribution >= 4 is 83.9 Å². The standard InChI is InChI=1S/C29H22BrIN2O2S/c1-2-18-10-12-22(13-11-18)32-29-33-28(34)26(36-29)16-19-14-24(30)27(25(31)15-19)35-17-21-8-5-7-20-6-3-4-9-23(20)21/h3-16H,2,17H2,1H3,(H,32,33,34)/b26-16-. The molecule has 1 N–H and O–H groups in total. The molecule has 0 bridgehead atoms. The molecule has 4 nitrogen and oxygen atoms in total. The number of nitrogens with one attached hydrogen (secondary N) is 1. The largest absolute Gasteiger partial charge is 0.487 e. The van der Waals surface area contributed by atoms with Crippen molar-refractivity contribution in [2.24, 2.45) is 4.99 Å². The maximum atomic E-state index is 12.6. The smallest absolute Gasteiger partial charge is 0.264 e. The van der Waals surface area contributed by atoms with E-state index in [0.29, 0.717) is 16.7 Å². The third-order valence-electron chi connectivity index (χ3n) is 5.80. The van der Waals surface area contributed by atoms with Crippen LogP contribution in [0.1, 0.15) is 23.6 Å². The first-order valence-corrected chi connectivity index (χ1v) is 14.2. The molecule has 4 aromatic rings. The monoisotopic (exact) mass is 668 g/mol. The van der Waals surface area contributed by atoms with Gasteiger partial charge in [0.2, 0.25) is 0 Å². The van der Waals surface area contributed by atoms with E-state index in [9.17, 15) is 4.79 Å². The number of rotatable bonds is 6. The Hall–Kier alpha value is -2.62. The molecule has 1 amide bonds. The van der Waals surface area contributed by atoms with Gasteiger partial charge < -0.3 is 10.1 Å². The normalized spacial score (nSPS) is 15.6. The van der Waals surface area contributed by atoms with E-state index >= 15 is 0 Å². The molecular formula is C29H22BrIN2O2S. The zero-order valence-electron chi connectivity index (χ0n) is 19.4. The van der Waals surface area contributed by atoms with E-state index in [1.165, 1.54) is 28.1 Å². The van der Waals surface area contributed by atoms with E-state index in [-0.39, 0.29) is 5.91 Å². The predicted molar refractivity (Wildman–Crippen MR) is 162 cm³/mol. The fraction of sp³-hybridized carbons (Fsp3) is 0.103. The van der Waals surface area contributed by atoms with Crippen molar-refractivity contribution in [1.82, 2.24) is 5.32 Å². The quantitative estimate of drug-likeness (QED) is 0.166. The van der Waals surface area contributed by atoms with Crippen LogP contribution in [0.25, 0.3) is 16.8 Å². The summed E-state index contributed by atoms with van der Waals surface area (Å²) < 4.78 is 8.03. The van der Waals surface area contributed by atoms with Gasteiger partial charge in [-0.25, -0.2) is 4.99 Å². The number of carbonyl (C=O) groups excluding carboxylic acids is 1. The molecule has 1 fully saturated rings. The third-order valence-corrected chi connectivity index (χ3v) is 8.10. The zero-order chi connectivity index (χ0) is 25.1. The van der Waals surface area contributed by atoms with Gasteiger partial charge in [-0.3, -0.25) is 4.79 Å². The Bertz CT molecular complexity index is 1490. The van der Waals surface area contributed by atoms with Gasteiger partial charge in [0.1, 0.15) is 12.4 Å². The number of ether oxygens (including phenoxy) is 1. The van der Waals surface area contributed by atoms with Crippen molar-refractivity contribution in [3.05, 3.63) is 109 Å². The van der Waals surface area contributed by atoms with E-state index in [1.807, 2.05) is 42.5 Å². The van der Waals surface area contributed by atoms with Crippen molar-refractivity contribution in [3.8, 4) is 5.75 Å². The van der Waals surface area contributed by atoms with Crippen LogP contribution in [0.5, 0.6) is 5.75 Å². The number of hydrogen-bond acceptors (Lipinski definition) is 4. The number of nitrogens with zero attached hydrogens (tertiary/aromatic N) is 1. The minimum absolute atomic E-state index is 0.147. The van der Waals surface area contributed by atoms with Gasteiger partial charge in [-0.05, 0) is 115 Å². The second kappa shape index (κ2) is 11.2. The Morgan fingerprint density at radius 3 is 2.61 bits per heavy atom. The second-order valence-corrected chi connectivity index (χ2v) is 11.3. The summed E-state index contributed by atoms with van der Waals surface area (Å²) in [5, 5.41) is 5.83. The summed E-state index contributed by atoms with van der Waals surface area (Å²) in [6.45, 7) is 2.59. The number of benzene rings is 4. The highest BCUT2D eigenvalue weighted by molar-refractivity contribution is 14.1. The molecular weight excluding hydrogens is 647 g/mol. The van der Waals surface area contributed by atoms with Crippen LogP contribution < -0.4 is 10.1 Å². The number of halogens is 2. The lowest BCUT2D eigenvalue weighted by molar-refractivity contribution is -0.115. The molecule has 180 valence electrons. The van der Waals surface area contributed by atoms with Gasteiger partial charge in [-0.2, -0.15) is 0 Å². The van der Waals surface area contributed by atoms with Gasteiger partial charge in [-0.15, -0.1) is 0 Å². The zero-order valence-corrected chi connectivity index (χ0v) is 24.0. The molecule has 1 heterocycles. The summed E-state index contributed by atoms with van der Waals surface area (Å²) in [5.74, 6) is 0.637. The molecule has 0 atom stereocenters. The van der Waals surface area contributed by atoms with Crippen molar-refractivity contribution in [2.75, 3.05) is 0 Å². The number of hydrogen-bond donors (Lipinski definition) is 1. The van der Waals surface area contributed by atoms with Crippen molar-refractivity contribution in [2.45, 2.75) is 20.0 Å². The molecule has 0 spiro atoms. The Morgan fingerprint density at radius 1 is 1.06 bits per heavy atom. The summed E-state index contributed by atoms with van der Waals surface area (Å²) in [4.78, 5) is 17.7. The highest BCUT2D eigenvalue weighted by Crippen LogP contribution is 2.35. The first-order valence-electron chi connectivity index (χ1n) is 11.5. The molecule has 1 saturated heterocycles. The van der Waals surface area contributed by atoms with E-state index < -0.39 is 0 Å². The second-order valence-electron chi connectivity index (χ2n) is 8.24. The SMILES string of the molecule is CCc1ccc(N=C2NC(=O)/C(=C/c3cc(Br)c(OCc4cccc5ccccc45)c(I)c3)S2)cc1. The molecule has 36 heavy (non-hydrogen) atoms. The fourth-order valence-electron chi connectivity index (χ4n) is 3.92. The summed E-state index contributed by atoms with van der Waals surface area (Å²) in [6, 6.07) is 26.6. The lowest BCUT2D eigenvalue weighted by Crippen LogP contribution is -2.19. The van der Waals surface area contributed by atoms with E-state index in [0.717, 1.165) is 37.0 Å². The van der Waals surface area contributed by atoms with Crippen LogP contribution >= 0.6 is 50.3 Å². The van der Waals surface area contributed by atoms with E-state index in [2.05, 4.69) is 98.2 Å². The Balaban J connectivity index is 1.32. The summed E-state index contributed by atoms with van der Waals surface area (Å²) >= 11 is 7.28. The topological polar surface area (TPSA) is 50.7 Å². The molecule has 7 heteroatoms. The number of amidine groups is 1. The maximum Gasteiger partial charge on any atom is 0.264 e. The first-order chi connectivity index (χ1) is 17.5. The predicted octanol–water partition coefficient (Wildman–Crippen LogP) is 8.24. The highest BCUT2D eigenvalue weighted by Gasteiger charge is 2.24. The molecule has 1 aliphatic rings. The molecule has 5 rings (SSSR count). The first kappa shape index (κ1) is 25.0. The molecule has 0 radical (unpaired) electrons. The van der Waals surface area contributed by atoms with E-state index in [1.54, 1.807) is 0 Å². The minimum atomic E-state index is -0.147. The lowest BCUT2D eigenvalue weighted by atomic mass is 10.1. The van der Waals surface area contributed by atoms with Gasteiger partial charge in [0.25, 0.3) is 5.91 Å². The van der Waals surface area contributed by atoms with Crippen LogP contribution in [0.3, 0.4) is 0 Å². The number of aryl methyl sites for hydroxylation is 1. The average molecular weight is 669 g/mol. The molecule has 0 unspecified atom stereocenters. The number of amides is 1. The Morgan fingerprint density at radius 2 is 1.83 bits per heavy atom. The average Bonchev–Trinajstić information content (AvgIpc) is 3.22.